The number of aliphatic imine (C=N–C) groups is 1. The lowest BCUT2D eigenvalue weighted by Crippen LogP contribution is -2.55. The number of carbonyl (C=O) groups excluding carboxylic acids is 2. The first-order valence-corrected chi connectivity index (χ1v) is 12.6. The molecule has 0 radical (unpaired) electrons. The number of ketones is 1. The first-order valence-electron chi connectivity index (χ1n) is 12.6. The zero-order valence-electron chi connectivity index (χ0n) is 21.8. The Morgan fingerprint density at radius 1 is 1.05 bits per heavy atom. The maximum Gasteiger partial charge on any atom is 0.235 e. The molecule has 1 unspecified atom stereocenters. The van der Waals surface area contributed by atoms with Gasteiger partial charge in [-0.15, -0.1) is 0 Å². The van der Waals surface area contributed by atoms with Gasteiger partial charge in [-0.25, -0.2) is 4.99 Å². The number of aromatic nitrogens is 2. The van der Waals surface area contributed by atoms with Crippen molar-refractivity contribution in [1.29, 1.82) is 0 Å². The van der Waals surface area contributed by atoms with E-state index < -0.39 is 17.4 Å². The van der Waals surface area contributed by atoms with E-state index in [1.807, 2.05) is 105 Å². The Balaban J connectivity index is 1.60. The fourth-order valence-electron chi connectivity index (χ4n) is 5.37. The van der Waals surface area contributed by atoms with Crippen LogP contribution in [0.5, 0.6) is 0 Å². The number of guanidine groups is 1. The lowest BCUT2D eigenvalue weighted by atomic mass is 9.68. The molecule has 1 aromatic heterocycles. The maximum atomic E-state index is 14.0. The topological polar surface area (TPSA) is 93.6 Å². The van der Waals surface area contributed by atoms with E-state index in [4.69, 9.17) is 10.7 Å². The zero-order valence-corrected chi connectivity index (χ0v) is 21.8. The summed E-state index contributed by atoms with van der Waals surface area (Å²) in [6, 6.07) is 25.3. The Bertz CT molecular complexity index is 1540. The standard InChI is InChI=1S/C31H31N5O2/c1-31(24-16-15-23-20-35(2)34-27(23)18-24)28(29(38)36(3)30(32)33-31)26(22-12-8-5-9-13-22)19-25(37)17-14-21-10-6-4-7-11-21/h4-18,20,26,28H,19H2,1-3H3,(H2,32,33)/b17-14+/t26?,28-,31+/m0/s1. The van der Waals surface area contributed by atoms with Crippen molar-refractivity contribution in [2.75, 3.05) is 7.05 Å². The molecular formula is C31H31N5O2. The van der Waals surface area contributed by atoms with Crippen LogP contribution in [0.15, 0.2) is 96.1 Å². The van der Waals surface area contributed by atoms with Crippen molar-refractivity contribution in [2.45, 2.75) is 24.8 Å². The second-order valence-electron chi connectivity index (χ2n) is 10.0. The molecule has 7 heteroatoms. The minimum Gasteiger partial charge on any atom is -0.369 e. The van der Waals surface area contributed by atoms with E-state index in [1.54, 1.807) is 17.8 Å². The lowest BCUT2D eigenvalue weighted by molar-refractivity contribution is -0.135. The maximum absolute atomic E-state index is 14.0. The molecule has 38 heavy (non-hydrogen) atoms. The van der Waals surface area contributed by atoms with E-state index in [-0.39, 0.29) is 24.1 Å². The molecule has 0 fully saturated rings. The van der Waals surface area contributed by atoms with Crippen LogP contribution in [0.2, 0.25) is 0 Å². The monoisotopic (exact) mass is 505 g/mol. The number of amides is 1. The van der Waals surface area contributed by atoms with E-state index in [2.05, 4.69) is 5.10 Å². The molecule has 0 aliphatic carbocycles. The Hall–Kier alpha value is -4.52. The van der Waals surface area contributed by atoms with Gasteiger partial charge >= 0.3 is 0 Å². The number of nitrogens with zero attached hydrogens (tertiary/aromatic N) is 4. The first-order chi connectivity index (χ1) is 18.3. The largest absolute Gasteiger partial charge is 0.369 e. The molecule has 0 bridgehead atoms. The normalized spacial score (nSPS) is 20.6. The number of fused-ring (bicyclic) bond motifs is 1. The summed E-state index contributed by atoms with van der Waals surface area (Å²) in [5.74, 6) is -1.19. The summed E-state index contributed by atoms with van der Waals surface area (Å²) < 4.78 is 1.76. The molecule has 0 saturated heterocycles. The smallest absolute Gasteiger partial charge is 0.235 e. The number of aryl methyl sites for hydroxylation is 1. The van der Waals surface area contributed by atoms with Crippen molar-refractivity contribution in [3.8, 4) is 0 Å². The molecular weight excluding hydrogens is 474 g/mol. The molecule has 7 nitrogen and oxygen atoms in total. The highest BCUT2D eigenvalue weighted by molar-refractivity contribution is 6.01. The van der Waals surface area contributed by atoms with Crippen LogP contribution >= 0.6 is 0 Å². The van der Waals surface area contributed by atoms with Gasteiger partial charge in [-0.2, -0.15) is 5.10 Å². The molecule has 2 heterocycles. The zero-order chi connectivity index (χ0) is 26.9. The van der Waals surface area contributed by atoms with Crippen LogP contribution in [0.25, 0.3) is 17.0 Å². The van der Waals surface area contributed by atoms with Gasteiger partial charge in [0.25, 0.3) is 0 Å². The molecule has 192 valence electrons. The molecule has 5 rings (SSSR count). The van der Waals surface area contributed by atoms with E-state index in [9.17, 15) is 9.59 Å². The van der Waals surface area contributed by atoms with Crippen molar-refractivity contribution >= 4 is 34.6 Å². The summed E-state index contributed by atoms with van der Waals surface area (Å²) >= 11 is 0. The van der Waals surface area contributed by atoms with Crippen LogP contribution in [0.1, 0.15) is 36.0 Å². The summed E-state index contributed by atoms with van der Waals surface area (Å²) in [7, 11) is 3.51. The highest BCUT2D eigenvalue weighted by Crippen LogP contribution is 2.47. The van der Waals surface area contributed by atoms with Crippen molar-refractivity contribution in [2.24, 2.45) is 23.7 Å². The van der Waals surface area contributed by atoms with Crippen LogP contribution in [0.4, 0.5) is 0 Å². The van der Waals surface area contributed by atoms with Crippen molar-refractivity contribution in [3.63, 3.8) is 0 Å². The van der Waals surface area contributed by atoms with Gasteiger partial charge in [0.05, 0.1) is 17.0 Å². The molecule has 3 atom stereocenters. The third kappa shape index (κ3) is 4.75. The van der Waals surface area contributed by atoms with Gasteiger partial charge in [0, 0.05) is 38.0 Å². The van der Waals surface area contributed by atoms with Gasteiger partial charge in [-0.3, -0.25) is 19.2 Å². The number of benzene rings is 3. The van der Waals surface area contributed by atoms with Gasteiger partial charge in [0.2, 0.25) is 5.91 Å². The Kier molecular flexibility index (Phi) is 6.68. The predicted octanol–water partition coefficient (Wildman–Crippen LogP) is 4.65. The number of hydrogen-bond acceptors (Lipinski definition) is 5. The van der Waals surface area contributed by atoms with E-state index in [0.717, 1.165) is 27.6 Å². The Morgan fingerprint density at radius 3 is 2.45 bits per heavy atom. The minimum atomic E-state index is -1.01. The summed E-state index contributed by atoms with van der Waals surface area (Å²) in [6.07, 6.45) is 5.50. The lowest BCUT2D eigenvalue weighted by Gasteiger charge is -2.44. The highest BCUT2D eigenvalue weighted by atomic mass is 16.2. The SMILES string of the molecule is CN1C(=O)[C@H](C(CC(=O)/C=C/c2ccccc2)c2ccccc2)[C@@](C)(c2ccc3cn(C)nc3c2)N=C1N. The van der Waals surface area contributed by atoms with Crippen molar-refractivity contribution in [3.05, 3.63) is 108 Å². The van der Waals surface area contributed by atoms with Gasteiger partial charge in [0.1, 0.15) is 0 Å². The Labute approximate surface area is 222 Å². The summed E-state index contributed by atoms with van der Waals surface area (Å²) in [5.41, 5.74) is 8.74. The molecule has 3 aromatic carbocycles. The minimum absolute atomic E-state index is 0.0665. The molecule has 1 aliphatic rings. The number of allylic oxidation sites excluding steroid dienone is 1. The average Bonchev–Trinajstić information content (AvgIpc) is 3.30. The summed E-state index contributed by atoms with van der Waals surface area (Å²) in [6.45, 7) is 1.93. The predicted molar refractivity (Wildman–Crippen MR) is 150 cm³/mol. The van der Waals surface area contributed by atoms with Crippen LogP contribution < -0.4 is 5.73 Å². The summed E-state index contributed by atoms with van der Waals surface area (Å²) in [5, 5.41) is 5.55. The third-order valence-electron chi connectivity index (χ3n) is 7.41. The van der Waals surface area contributed by atoms with E-state index in [1.165, 1.54) is 4.90 Å². The number of carbonyl (C=O) groups is 2. The Morgan fingerprint density at radius 2 is 1.74 bits per heavy atom. The summed E-state index contributed by atoms with van der Waals surface area (Å²) in [4.78, 5) is 33.6. The van der Waals surface area contributed by atoms with Crippen LogP contribution in [0.3, 0.4) is 0 Å². The van der Waals surface area contributed by atoms with E-state index >= 15 is 0 Å². The molecule has 0 spiro atoms. The fraction of sp³-hybridized carbons (Fsp3) is 0.226. The van der Waals surface area contributed by atoms with Crippen LogP contribution in [0, 0.1) is 5.92 Å². The number of hydrogen-bond donors (Lipinski definition) is 1. The fourth-order valence-corrected chi connectivity index (χ4v) is 5.37. The van der Waals surface area contributed by atoms with Crippen LogP contribution in [-0.4, -0.2) is 39.4 Å². The van der Waals surface area contributed by atoms with Crippen LogP contribution in [-0.2, 0) is 22.2 Å². The first kappa shape index (κ1) is 25.1. The number of rotatable bonds is 7. The van der Waals surface area contributed by atoms with Gasteiger partial charge in [-0.05, 0) is 35.8 Å². The second-order valence-corrected chi connectivity index (χ2v) is 10.0. The molecule has 0 saturated carbocycles. The van der Waals surface area contributed by atoms with E-state index in [0.29, 0.717) is 0 Å². The number of nitrogens with two attached hydrogens (primary N) is 1. The molecule has 2 N–H and O–H groups in total. The van der Waals surface area contributed by atoms with Gasteiger partial charge < -0.3 is 5.73 Å². The van der Waals surface area contributed by atoms with Crippen molar-refractivity contribution in [1.82, 2.24) is 14.7 Å². The highest BCUT2D eigenvalue weighted by Gasteiger charge is 2.50. The molecule has 1 amide bonds. The quantitative estimate of drug-likeness (QED) is 0.370. The second kappa shape index (κ2) is 10.1. The van der Waals surface area contributed by atoms with Gasteiger partial charge in [0.15, 0.2) is 11.7 Å². The molecule has 4 aromatic rings. The third-order valence-corrected chi connectivity index (χ3v) is 7.41. The molecule has 1 aliphatic heterocycles. The van der Waals surface area contributed by atoms with Crippen molar-refractivity contribution < 1.29 is 9.59 Å². The average molecular weight is 506 g/mol. The van der Waals surface area contributed by atoms with Gasteiger partial charge in [-0.1, -0.05) is 78.9 Å².